The molecule has 1 aliphatic rings. The van der Waals surface area contributed by atoms with Crippen molar-refractivity contribution in [2.24, 2.45) is 5.92 Å². The second-order valence-electron chi connectivity index (χ2n) is 9.47. The highest BCUT2D eigenvalue weighted by molar-refractivity contribution is 6.22. The van der Waals surface area contributed by atoms with Gasteiger partial charge in [0.25, 0.3) is 5.91 Å². The minimum absolute atomic E-state index is 0.123. The summed E-state index contributed by atoms with van der Waals surface area (Å²) in [5, 5.41) is 2.90. The van der Waals surface area contributed by atoms with E-state index in [0.717, 1.165) is 16.7 Å². The lowest BCUT2D eigenvalue weighted by atomic mass is 9.92. The van der Waals surface area contributed by atoms with Crippen molar-refractivity contribution in [3.8, 4) is 11.1 Å². The quantitative estimate of drug-likeness (QED) is 0.513. The largest absolute Gasteiger partial charge is 0.398 e. The molecule has 0 fully saturated rings. The second-order valence-corrected chi connectivity index (χ2v) is 9.47. The zero-order valence-corrected chi connectivity index (χ0v) is 20.3. The van der Waals surface area contributed by atoms with Crippen LogP contribution in [0.2, 0.25) is 0 Å². The predicted molar refractivity (Wildman–Crippen MR) is 139 cm³/mol. The third kappa shape index (κ3) is 4.97. The molecule has 0 aliphatic carbocycles. The molecule has 6 nitrogen and oxygen atoms in total. The maximum absolute atomic E-state index is 14.0. The number of hydrogen-bond acceptors (Lipinski definition) is 4. The van der Waals surface area contributed by atoms with Gasteiger partial charge in [0, 0.05) is 11.3 Å². The van der Waals surface area contributed by atoms with Crippen molar-refractivity contribution < 1.29 is 14.4 Å². The van der Waals surface area contributed by atoms with Crippen LogP contribution in [0.3, 0.4) is 0 Å². The van der Waals surface area contributed by atoms with Gasteiger partial charge in [0.05, 0.1) is 18.0 Å². The van der Waals surface area contributed by atoms with Gasteiger partial charge in [-0.3, -0.25) is 14.4 Å². The molecule has 4 rings (SSSR count). The predicted octanol–water partition coefficient (Wildman–Crippen LogP) is 4.69. The van der Waals surface area contributed by atoms with Gasteiger partial charge in [-0.25, -0.2) is 4.90 Å². The summed E-state index contributed by atoms with van der Waals surface area (Å²) < 4.78 is 0. The Morgan fingerprint density at radius 3 is 2.37 bits per heavy atom. The Hall–Kier alpha value is -3.93. The molecule has 180 valence electrons. The molecule has 6 heteroatoms. The number of anilines is 2. The SMILES string of the molecule is CC(C)C[C@H](NC(=O)Cc1ccccc1)C(=O)N1C(=O)C(C)c2ccccc2-c2c(N)cccc21. The van der Waals surface area contributed by atoms with Crippen molar-refractivity contribution >= 4 is 29.1 Å². The number of carbonyl (C=O) groups excluding carboxylic acids is 3. The molecule has 1 unspecified atom stereocenters. The molecule has 0 spiro atoms. The molecule has 0 radical (unpaired) electrons. The summed E-state index contributed by atoms with van der Waals surface area (Å²) in [6.45, 7) is 5.77. The van der Waals surface area contributed by atoms with Gasteiger partial charge in [-0.2, -0.15) is 0 Å². The average molecular weight is 470 g/mol. The minimum atomic E-state index is -0.849. The van der Waals surface area contributed by atoms with Crippen LogP contribution in [0.25, 0.3) is 11.1 Å². The number of nitrogens with one attached hydrogen (secondary N) is 1. The number of nitrogens with zero attached hydrogens (tertiary/aromatic N) is 1. The molecule has 3 amide bonds. The van der Waals surface area contributed by atoms with Crippen LogP contribution in [0, 0.1) is 5.92 Å². The number of benzene rings is 3. The lowest BCUT2D eigenvalue weighted by Crippen LogP contribution is -2.52. The Labute approximate surface area is 206 Å². The highest BCUT2D eigenvalue weighted by Gasteiger charge is 2.39. The van der Waals surface area contributed by atoms with Crippen molar-refractivity contribution in [2.45, 2.75) is 45.6 Å². The third-order valence-electron chi connectivity index (χ3n) is 6.37. The van der Waals surface area contributed by atoms with Crippen molar-refractivity contribution in [3.63, 3.8) is 0 Å². The van der Waals surface area contributed by atoms with Gasteiger partial charge in [-0.05, 0) is 48.1 Å². The van der Waals surface area contributed by atoms with Crippen LogP contribution in [-0.2, 0) is 20.8 Å². The number of nitrogen functional groups attached to an aromatic ring is 1. The van der Waals surface area contributed by atoms with Gasteiger partial charge in [-0.15, -0.1) is 0 Å². The van der Waals surface area contributed by atoms with E-state index < -0.39 is 17.9 Å². The van der Waals surface area contributed by atoms with Crippen molar-refractivity contribution in [3.05, 3.63) is 83.9 Å². The molecular formula is C29H31N3O3. The molecule has 2 atom stereocenters. The van der Waals surface area contributed by atoms with E-state index in [-0.39, 0.29) is 24.2 Å². The zero-order chi connectivity index (χ0) is 25.1. The number of imide groups is 1. The highest BCUT2D eigenvalue weighted by atomic mass is 16.2. The van der Waals surface area contributed by atoms with Gasteiger partial charge < -0.3 is 11.1 Å². The standard InChI is InChI=1S/C29H31N3O3/c1-18(2)16-24(31-26(33)17-20-10-5-4-6-11-20)29(35)32-25-15-9-14-23(30)27(25)22-13-8-7-12-21(22)19(3)28(32)34/h4-15,18-19,24H,16-17,30H2,1-3H3,(H,31,33)/t19?,24-/m0/s1. The first-order valence-electron chi connectivity index (χ1n) is 12.0. The molecule has 1 heterocycles. The molecule has 1 aliphatic heterocycles. The van der Waals surface area contributed by atoms with E-state index in [9.17, 15) is 14.4 Å². The Morgan fingerprint density at radius 1 is 0.971 bits per heavy atom. The fourth-order valence-electron chi connectivity index (χ4n) is 4.69. The van der Waals surface area contributed by atoms with Crippen LogP contribution in [0.1, 0.15) is 44.2 Å². The lowest BCUT2D eigenvalue weighted by Gasteiger charge is -2.29. The Kier molecular flexibility index (Phi) is 7.01. The summed E-state index contributed by atoms with van der Waals surface area (Å²) in [5.74, 6) is -1.48. The van der Waals surface area contributed by atoms with Gasteiger partial charge in [0.1, 0.15) is 6.04 Å². The summed E-state index contributed by atoms with van der Waals surface area (Å²) in [6, 6.07) is 21.4. The van der Waals surface area contributed by atoms with E-state index in [1.54, 1.807) is 25.1 Å². The number of carbonyl (C=O) groups is 3. The van der Waals surface area contributed by atoms with Gasteiger partial charge in [0.15, 0.2) is 0 Å². The molecule has 0 aromatic heterocycles. The van der Waals surface area contributed by atoms with E-state index in [4.69, 9.17) is 5.73 Å². The van der Waals surface area contributed by atoms with Gasteiger partial charge in [0.2, 0.25) is 11.8 Å². The van der Waals surface area contributed by atoms with Crippen LogP contribution in [0.5, 0.6) is 0 Å². The number of rotatable bonds is 6. The summed E-state index contributed by atoms with van der Waals surface area (Å²) in [4.78, 5) is 41.9. The molecule has 3 aromatic rings. The van der Waals surface area contributed by atoms with Gasteiger partial charge >= 0.3 is 0 Å². The van der Waals surface area contributed by atoms with Crippen LogP contribution in [0.4, 0.5) is 11.4 Å². The summed E-state index contributed by atoms with van der Waals surface area (Å²) in [6.07, 6.45) is 0.560. The zero-order valence-electron chi connectivity index (χ0n) is 20.3. The lowest BCUT2D eigenvalue weighted by molar-refractivity contribution is -0.131. The van der Waals surface area contributed by atoms with E-state index >= 15 is 0 Å². The fraction of sp³-hybridized carbons (Fsp3) is 0.276. The summed E-state index contributed by atoms with van der Waals surface area (Å²) >= 11 is 0. The Bertz CT molecular complexity index is 1250. The first-order chi connectivity index (χ1) is 16.8. The summed E-state index contributed by atoms with van der Waals surface area (Å²) in [7, 11) is 0. The summed E-state index contributed by atoms with van der Waals surface area (Å²) in [5.41, 5.74) is 10.5. The van der Waals surface area contributed by atoms with Crippen molar-refractivity contribution in [1.29, 1.82) is 0 Å². The first-order valence-corrected chi connectivity index (χ1v) is 12.0. The number of amides is 3. The van der Waals surface area contributed by atoms with Crippen molar-refractivity contribution in [1.82, 2.24) is 5.32 Å². The molecular weight excluding hydrogens is 438 g/mol. The Balaban J connectivity index is 1.73. The maximum Gasteiger partial charge on any atom is 0.256 e. The highest BCUT2D eigenvalue weighted by Crippen LogP contribution is 2.44. The number of hydrogen-bond donors (Lipinski definition) is 2. The average Bonchev–Trinajstić information content (AvgIpc) is 2.92. The normalized spacial score (nSPS) is 15.7. The van der Waals surface area contributed by atoms with Crippen LogP contribution in [0.15, 0.2) is 72.8 Å². The third-order valence-corrected chi connectivity index (χ3v) is 6.37. The topological polar surface area (TPSA) is 92.5 Å². The van der Waals surface area contributed by atoms with Crippen LogP contribution >= 0.6 is 0 Å². The first kappa shape index (κ1) is 24.2. The van der Waals surface area contributed by atoms with Crippen molar-refractivity contribution in [2.75, 3.05) is 10.6 Å². The molecule has 35 heavy (non-hydrogen) atoms. The molecule has 0 saturated heterocycles. The molecule has 0 bridgehead atoms. The van der Waals surface area contributed by atoms with E-state index in [2.05, 4.69) is 5.32 Å². The molecule has 3 N–H and O–H groups in total. The monoisotopic (exact) mass is 469 g/mol. The van der Waals surface area contributed by atoms with E-state index in [0.29, 0.717) is 23.4 Å². The smallest absolute Gasteiger partial charge is 0.256 e. The maximum atomic E-state index is 14.0. The number of nitrogens with two attached hydrogens (primary N) is 1. The number of fused-ring (bicyclic) bond motifs is 3. The van der Waals surface area contributed by atoms with Gasteiger partial charge in [-0.1, -0.05) is 74.5 Å². The fourth-order valence-corrected chi connectivity index (χ4v) is 4.69. The molecule has 3 aromatic carbocycles. The minimum Gasteiger partial charge on any atom is -0.398 e. The molecule has 0 saturated carbocycles. The second kappa shape index (κ2) is 10.1. The van der Waals surface area contributed by atoms with E-state index in [1.807, 2.05) is 68.4 Å². The van der Waals surface area contributed by atoms with Crippen LogP contribution in [-0.4, -0.2) is 23.8 Å². The van der Waals surface area contributed by atoms with E-state index in [1.165, 1.54) is 4.90 Å². The van der Waals surface area contributed by atoms with Crippen LogP contribution < -0.4 is 16.0 Å². The Morgan fingerprint density at radius 2 is 1.66 bits per heavy atom.